The molecule has 0 N–H and O–H groups in total. The van der Waals surface area contributed by atoms with Gasteiger partial charge in [-0.2, -0.15) is 0 Å². The Labute approximate surface area is 125 Å². The molecule has 0 fully saturated rings. The molecule has 2 nitrogen and oxygen atoms in total. The van der Waals surface area contributed by atoms with Crippen LogP contribution in [0.1, 0.15) is 22.5 Å². The van der Waals surface area contributed by atoms with Crippen molar-refractivity contribution in [1.82, 2.24) is 9.97 Å². The van der Waals surface area contributed by atoms with Gasteiger partial charge in [0.2, 0.25) is 0 Å². The van der Waals surface area contributed by atoms with E-state index in [2.05, 4.69) is 25.9 Å². The number of halogens is 2. The van der Waals surface area contributed by atoms with Crippen molar-refractivity contribution in [2.75, 3.05) is 0 Å². The van der Waals surface area contributed by atoms with Crippen LogP contribution in [0.15, 0.2) is 27.8 Å². The lowest BCUT2D eigenvalue weighted by molar-refractivity contribution is 0.619. The summed E-state index contributed by atoms with van der Waals surface area (Å²) in [4.78, 5) is 8.89. The Bertz CT molecular complexity index is 593. The van der Waals surface area contributed by atoms with E-state index in [4.69, 9.17) is 0 Å². The van der Waals surface area contributed by atoms with Gasteiger partial charge in [-0.05, 0) is 53.9 Å². The highest BCUT2D eigenvalue weighted by Crippen LogP contribution is 2.27. The highest BCUT2D eigenvalue weighted by Gasteiger charge is 2.08. The second kappa shape index (κ2) is 6.01. The van der Waals surface area contributed by atoms with E-state index in [1.807, 2.05) is 26.8 Å². The van der Waals surface area contributed by atoms with E-state index in [9.17, 15) is 4.39 Å². The molecule has 0 spiro atoms. The molecular formula is C14H14BrFN2S. The number of aromatic nitrogens is 2. The highest BCUT2D eigenvalue weighted by atomic mass is 79.9. The molecule has 2 aromatic rings. The van der Waals surface area contributed by atoms with Crippen molar-refractivity contribution in [3.63, 3.8) is 0 Å². The van der Waals surface area contributed by atoms with E-state index in [1.54, 1.807) is 6.07 Å². The second-order valence-electron chi connectivity index (χ2n) is 4.30. The number of benzene rings is 1. The third kappa shape index (κ3) is 3.34. The Morgan fingerprint density at radius 1 is 1.16 bits per heavy atom. The van der Waals surface area contributed by atoms with Gasteiger partial charge in [-0.1, -0.05) is 23.9 Å². The summed E-state index contributed by atoms with van der Waals surface area (Å²) in [6, 6.07) is 5.05. The zero-order valence-electron chi connectivity index (χ0n) is 11.0. The third-order valence-electron chi connectivity index (χ3n) is 3.00. The molecule has 1 aromatic carbocycles. The number of hydrogen-bond acceptors (Lipinski definition) is 3. The summed E-state index contributed by atoms with van der Waals surface area (Å²) >= 11 is 4.78. The first-order chi connectivity index (χ1) is 8.99. The molecule has 2 rings (SSSR count). The van der Waals surface area contributed by atoms with Crippen molar-refractivity contribution in [3.8, 4) is 0 Å². The van der Waals surface area contributed by atoms with Gasteiger partial charge in [0.15, 0.2) is 5.16 Å². The fourth-order valence-electron chi connectivity index (χ4n) is 1.61. The Kier molecular flexibility index (Phi) is 4.58. The first-order valence-corrected chi connectivity index (χ1v) is 7.64. The van der Waals surface area contributed by atoms with E-state index in [1.165, 1.54) is 17.8 Å². The standard InChI is InChI=1S/C14H14BrFN2S/c1-8-9(2)17-14(18-10(8)3)19-7-11-5-4-6-12(16)13(11)15/h4-6H,7H2,1-3H3. The van der Waals surface area contributed by atoms with Gasteiger partial charge in [-0.25, -0.2) is 14.4 Å². The minimum Gasteiger partial charge on any atom is -0.228 e. The maximum Gasteiger partial charge on any atom is 0.188 e. The molecule has 0 unspecified atom stereocenters. The maximum absolute atomic E-state index is 13.4. The zero-order valence-corrected chi connectivity index (χ0v) is 13.4. The topological polar surface area (TPSA) is 25.8 Å². The maximum atomic E-state index is 13.4. The number of nitrogens with zero attached hydrogens (tertiary/aromatic N) is 2. The smallest absolute Gasteiger partial charge is 0.188 e. The summed E-state index contributed by atoms with van der Waals surface area (Å²) in [6.45, 7) is 5.97. The summed E-state index contributed by atoms with van der Waals surface area (Å²) in [7, 11) is 0. The zero-order chi connectivity index (χ0) is 14.0. The highest BCUT2D eigenvalue weighted by molar-refractivity contribution is 9.10. The predicted molar refractivity (Wildman–Crippen MR) is 79.9 cm³/mol. The van der Waals surface area contributed by atoms with Crippen LogP contribution in [0.4, 0.5) is 4.39 Å². The predicted octanol–water partition coefficient (Wildman–Crippen LogP) is 4.60. The molecule has 5 heteroatoms. The Morgan fingerprint density at radius 3 is 2.42 bits per heavy atom. The largest absolute Gasteiger partial charge is 0.228 e. The van der Waals surface area contributed by atoms with Gasteiger partial charge < -0.3 is 0 Å². The molecule has 19 heavy (non-hydrogen) atoms. The fourth-order valence-corrected chi connectivity index (χ4v) is 3.13. The summed E-state index contributed by atoms with van der Waals surface area (Å²) in [5.41, 5.74) is 4.02. The van der Waals surface area contributed by atoms with Gasteiger partial charge in [-0.15, -0.1) is 0 Å². The fraction of sp³-hybridized carbons (Fsp3) is 0.286. The van der Waals surface area contributed by atoms with Crippen molar-refractivity contribution in [2.24, 2.45) is 0 Å². The summed E-state index contributed by atoms with van der Waals surface area (Å²) in [6.07, 6.45) is 0. The van der Waals surface area contributed by atoms with Crippen LogP contribution in [0.25, 0.3) is 0 Å². The molecule has 1 aromatic heterocycles. The molecule has 0 bridgehead atoms. The molecule has 1 heterocycles. The van der Waals surface area contributed by atoms with Crippen LogP contribution in [0.3, 0.4) is 0 Å². The van der Waals surface area contributed by atoms with E-state index >= 15 is 0 Å². The van der Waals surface area contributed by atoms with E-state index in [0.29, 0.717) is 10.2 Å². The Balaban J connectivity index is 2.17. The molecule has 0 aliphatic heterocycles. The average Bonchev–Trinajstić information content (AvgIpc) is 2.37. The SMILES string of the molecule is Cc1nc(SCc2cccc(F)c2Br)nc(C)c1C. The van der Waals surface area contributed by atoms with Crippen molar-refractivity contribution in [1.29, 1.82) is 0 Å². The molecule has 0 amide bonds. The number of aryl methyl sites for hydroxylation is 2. The molecule has 0 radical (unpaired) electrons. The van der Waals surface area contributed by atoms with Crippen LogP contribution >= 0.6 is 27.7 Å². The second-order valence-corrected chi connectivity index (χ2v) is 6.04. The van der Waals surface area contributed by atoms with Crippen LogP contribution in [0, 0.1) is 26.6 Å². The molecule has 0 saturated heterocycles. The first-order valence-electron chi connectivity index (χ1n) is 5.86. The molecule has 0 atom stereocenters. The van der Waals surface area contributed by atoms with Crippen LogP contribution in [-0.2, 0) is 5.75 Å². The number of hydrogen-bond donors (Lipinski definition) is 0. The van der Waals surface area contributed by atoms with Crippen LogP contribution in [-0.4, -0.2) is 9.97 Å². The van der Waals surface area contributed by atoms with Gasteiger partial charge in [0.25, 0.3) is 0 Å². The molecule has 100 valence electrons. The number of rotatable bonds is 3. The molecule has 0 aliphatic carbocycles. The molecule has 0 aliphatic rings. The van der Waals surface area contributed by atoms with Gasteiger partial charge in [-0.3, -0.25) is 0 Å². The van der Waals surface area contributed by atoms with Crippen molar-refractivity contribution in [2.45, 2.75) is 31.7 Å². The van der Waals surface area contributed by atoms with Gasteiger partial charge in [0.05, 0.1) is 4.47 Å². The van der Waals surface area contributed by atoms with Crippen molar-refractivity contribution in [3.05, 3.63) is 51.0 Å². The minimum atomic E-state index is -0.240. The quantitative estimate of drug-likeness (QED) is 0.603. The van der Waals surface area contributed by atoms with Crippen LogP contribution in [0.5, 0.6) is 0 Å². The van der Waals surface area contributed by atoms with Crippen LogP contribution in [0.2, 0.25) is 0 Å². The lowest BCUT2D eigenvalue weighted by atomic mass is 10.2. The molecular weight excluding hydrogens is 327 g/mol. The summed E-state index contributed by atoms with van der Waals surface area (Å²) < 4.78 is 13.9. The van der Waals surface area contributed by atoms with Crippen LogP contribution < -0.4 is 0 Å². The van der Waals surface area contributed by atoms with E-state index in [0.717, 1.165) is 27.7 Å². The van der Waals surface area contributed by atoms with Gasteiger partial charge in [0.1, 0.15) is 5.82 Å². The van der Waals surface area contributed by atoms with E-state index < -0.39 is 0 Å². The van der Waals surface area contributed by atoms with Crippen molar-refractivity contribution >= 4 is 27.7 Å². The first kappa shape index (κ1) is 14.5. The van der Waals surface area contributed by atoms with Gasteiger partial charge in [0, 0.05) is 17.1 Å². The normalized spacial score (nSPS) is 10.8. The lowest BCUT2D eigenvalue weighted by Gasteiger charge is -2.08. The lowest BCUT2D eigenvalue weighted by Crippen LogP contribution is -1.98. The summed E-state index contributed by atoms with van der Waals surface area (Å²) in [5.74, 6) is 0.399. The Morgan fingerprint density at radius 2 is 1.79 bits per heavy atom. The minimum absolute atomic E-state index is 0.240. The third-order valence-corrected chi connectivity index (χ3v) is 4.78. The average molecular weight is 341 g/mol. The van der Waals surface area contributed by atoms with Crippen molar-refractivity contribution < 1.29 is 4.39 Å². The van der Waals surface area contributed by atoms with Gasteiger partial charge >= 0.3 is 0 Å². The Hall–Kier alpha value is -0.940. The van der Waals surface area contributed by atoms with E-state index in [-0.39, 0.29) is 5.82 Å². The number of thioether (sulfide) groups is 1. The molecule has 0 saturated carbocycles. The summed E-state index contributed by atoms with van der Waals surface area (Å²) in [5, 5.41) is 0.733. The monoisotopic (exact) mass is 340 g/mol.